The lowest BCUT2D eigenvalue weighted by molar-refractivity contribution is 0.126. The van der Waals surface area contributed by atoms with E-state index in [0.717, 1.165) is 5.56 Å². The lowest BCUT2D eigenvalue weighted by Gasteiger charge is -2.17. The topological polar surface area (TPSA) is 20.2 Å². The van der Waals surface area contributed by atoms with Gasteiger partial charge in [-0.25, -0.2) is 0 Å². The molecule has 1 N–H and O–H groups in total. The van der Waals surface area contributed by atoms with Gasteiger partial charge in [-0.2, -0.15) is 0 Å². The van der Waals surface area contributed by atoms with Crippen molar-refractivity contribution in [3.8, 4) is 0 Å². The number of aliphatic hydroxyl groups is 1. The van der Waals surface area contributed by atoms with Gasteiger partial charge in [-0.3, -0.25) is 0 Å². The van der Waals surface area contributed by atoms with Crippen LogP contribution in [0.1, 0.15) is 36.6 Å². The van der Waals surface area contributed by atoms with Crippen LogP contribution in [0.4, 0.5) is 0 Å². The summed E-state index contributed by atoms with van der Waals surface area (Å²) >= 11 is 0. The standard InChI is InChI=1S/C12H18O/c1-8(2)12(13)11-7-9(3)5-6-10(11)4/h5-8,12-13H,1-4H3/t12-/m1/s1. The third kappa shape index (κ3) is 2.31. The quantitative estimate of drug-likeness (QED) is 0.738. The number of benzene rings is 1. The highest BCUT2D eigenvalue weighted by atomic mass is 16.3. The van der Waals surface area contributed by atoms with E-state index in [1.54, 1.807) is 0 Å². The summed E-state index contributed by atoms with van der Waals surface area (Å²) in [5.74, 6) is 0.278. The number of rotatable bonds is 2. The Morgan fingerprint density at radius 2 is 1.77 bits per heavy atom. The summed E-state index contributed by atoms with van der Waals surface area (Å²) in [6.45, 7) is 8.16. The fraction of sp³-hybridized carbons (Fsp3) is 0.500. The maximum atomic E-state index is 9.90. The van der Waals surface area contributed by atoms with Crippen LogP contribution < -0.4 is 0 Å². The average Bonchev–Trinajstić information content (AvgIpc) is 2.08. The predicted molar refractivity (Wildman–Crippen MR) is 55.7 cm³/mol. The molecule has 0 aliphatic carbocycles. The van der Waals surface area contributed by atoms with Gasteiger partial charge in [0, 0.05) is 0 Å². The Morgan fingerprint density at radius 3 is 2.31 bits per heavy atom. The van der Waals surface area contributed by atoms with Gasteiger partial charge in [-0.1, -0.05) is 37.6 Å². The van der Waals surface area contributed by atoms with Gasteiger partial charge in [0.15, 0.2) is 0 Å². The predicted octanol–water partition coefficient (Wildman–Crippen LogP) is 2.99. The fourth-order valence-corrected chi connectivity index (χ4v) is 1.44. The second-order valence-corrected chi connectivity index (χ2v) is 4.05. The fourth-order valence-electron chi connectivity index (χ4n) is 1.44. The first kappa shape index (κ1) is 10.3. The van der Waals surface area contributed by atoms with Crippen LogP contribution in [0.25, 0.3) is 0 Å². The van der Waals surface area contributed by atoms with Gasteiger partial charge in [0.1, 0.15) is 0 Å². The van der Waals surface area contributed by atoms with Gasteiger partial charge in [0.25, 0.3) is 0 Å². The molecule has 0 saturated carbocycles. The van der Waals surface area contributed by atoms with Crippen LogP contribution in [-0.2, 0) is 0 Å². The molecule has 0 amide bonds. The van der Waals surface area contributed by atoms with Crippen molar-refractivity contribution < 1.29 is 5.11 Å². The molecule has 0 bridgehead atoms. The molecule has 1 atom stereocenters. The highest BCUT2D eigenvalue weighted by Gasteiger charge is 2.13. The van der Waals surface area contributed by atoms with Crippen molar-refractivity contribution in [1.29, 1.82) is 0 Å². The monoisotopic (exact) mass is 178 g/mol. The highest BCUT2D eigenvalue weighted by molar-refractivity contribution is 5.32. The molecule has 0 fully saturated rings. The van der Waals surface area contributed by atoms with Crippen LogP contribution in [0.5, 0.6) is 0 Å². The molecule has 0 radical (unpaired) electrons. The van der Waals surface area contributed by atoms with Crippen LogP contribution in [0.15, 0.2) is 18.2 Å². The minimum absolute atomic E-state index is 0.278. The van der Waals surface area contributed by atoms with Gasteiger partial charge in [-0.15, -0.1) is 0 Å². The van der Waals surface area contributed by atoms with Crippen molar-refractivity contribution in [3.63, 3.8) is 0 Å². The lowest BCUT2D eigenvalue weighted by Crippen LogP contribution is -2.07. The van der Waals surface area contributed by atoms with Gasteiger partial charge < -0.3 is 5.11 Å². The maximum Gasteiger partial charge on any atom is 0.0815 e. The summed E-state index contributed by atoms with van der Waals surface area (Å²) in [7, 11) is 0. The van der Waals surface area contributed by atoms with Crippen LogP contribution in [0.3, 0.4) is 0 Å². The van der Waals surface area contributed by atoms with Crippen LogP contribution in [-0.4, -0.2) is 5.11 Å². The molecule has 13 heavy (non-hydrogen) atoms. The number of aliphatic hydroxyl groups excluding tert-OH is 1. The zero-order valence-electron chi connectivity index (χ0n) is 8.83. The summed E-state index contributed by atoms with van der Waals surface area (Å²) in [6.07, 6.45) is -0.333. The number of aryl methyl sites for hydroxylation is 2. The number of hydrogen-bond donors (Lipinski definition) is 1. The summed E-state index contributed by atoms with van der Waals surface area (Å²) in [4.78, 5) is 0. The molecule has 0 aliphatic rings. The first-order valence-electron chi connectivity index (χ1n) is 4.77. The van der Waals surface area contributed by atoms with Crippen molar-refractivity contribution in [3.05, 3.63) is 34.9 Å². The molecule has 1 aromatic carbocycles. The second kappa shape index (κ2) is 3.93. The zero-order valence-corrected chi connectivity index (χ0v) is 8.83. The molecular weight excluding hydrogens is 160 g/mol. The Hall–Kier alpha value is -0.820. The van der Waals surface area contributed by atoms with Crippen molar-refractivity contribution in [1.82, 2.24) is 0 Å². The van der Waals surface area contributed by atoms with Gasteiger partial charge in [0.2, 0.25) is 0 Å². The first-order chi connectivity index (χ1) is 6.02. The van der Waals surface area contributed by atoms with Gasteiger partial charge in [0.05, 0.1) is 6.10 Å². The van der Waals surface area contributed by atoms with Crippen molar-refractivity contribution >= 4 is 0 Å². The van der Waals surface area contributed by atoms with E-state index in [2.05, 4.69) is 25.1 Å². The third-order valence-corrected chi connectivity index (χ3v) is 2.38. The zero-order chi connectivity index (χ0) is 10.0. The average molecular weight is 178 g/mol. The smallest absolute Gasteiger partial charge is 0.0815 e. The molecule has 0 aliphatic heterocycles. The number of hydrogen-bond acceptors (Lipinski definition) is 1. The van der Waals surface area contributed by atoms with E-state index < -0.39 is 0 Å². The second-order valence-electron chi connectivity index (χ2n) is 4.05. The Kier molecular flexibility index (Phi) is 3.10. The summed E-state index contributed by atoms with van der Waals surface area (Å²) in [5, 5.41) is 9.90. The summed E-state index contributed by atoms with van der Waals surface area (Å²) in [6, 6.07) is 6.21. The molecule has 0 aromatic heterocycles. The first-order valence-corrected chi connectivity index (χ1v) is 4.77. The largest absolute Gasteiger partial charge is 0.388 e. The molecule has 0 heterocycles. The SMILES string of the molecule is Cc1ccc(C)c([C@H](O)C(C)C)c1. The molecule has 1 aromatic rings. The molecule has 0 saturated heterocycles. The maximum absolute atomic E-state index is 9.90. The van der Waals surface area contributed by atoms with Crippen LogP contribution in [0.2, 0.25) is 0 Å². The Bertz CT molecular complexity index is 289. The van der Waals surface area contributed by atoms with Crippen molar-refractivity contribution in [2.75, 3.05) is 0 Å². The van der Waals surface area contributed by atoms with E-state index in [-0.39, 0.29) is 12.0 Å². The molecule has 0 unspecified atom stereocenters. The Labute approximate surface area is 80.4 Å². The van der Waals surface area contributed by atoms with Crippen LogP contribution in [0, 0.1) is 19.8 Å². The van der Waals surface area contributed by atoms with Crippen LogP contribution >= 0.6 is 0 Å². The molecular formula is C12H18O. The lowest BCUT2D eigenvalue weighted by atomic mass is 9.94. The molecule has 72 valence electrons. The third-order valence-electron chi connectivity index (χ3n) is 2.38. The minimum Gasteiger partial charge on any atom is -0.388 e. The van der Waals surface area contributed by atoms with Gasteiger partial charge in [-0.05, 0) is 30.9 Å². The van der Waals surface area contributed by atoms with E-state index in [1.807, 2.05) is 20.8 Å². The Balaban J connectivity index is 3.05. The molecule has 0 spiro atoms. The molecule has 1 rings (SSSR count). The summed E-state index contributed by atoms with van der Waals surface area (Å²) < 4.78 is 0. The normalized spacial score (nSPS) is 13.4. The van der Waals surface area contributed by atoms with E-state index in [9.17, 15) is 5.11 Å². The summed E-state index contributed by atoms with van der Waals surface area (Å²) in [5.41, 5.74) is 3.45. The van der Waals surface area contributed by atoms with Crippen molar-refractivity contribution in [2.45, 2.75) is 33.8 Å². The highest BCUT2D eigenvalue weighted by Crippen LogP contribution is 2.24. The molecule has 1 nitrogen and oxygen atoms in total. The van der Waals surface area contributed by atoms with E-state index >= 15 is 0 Å². The van der Waals surface area contributed by atoms with Gasteiger partial charge >= 0.3 is 0 Å². The minimum atomic E-state index is -0.333. The van der Waals surface area contributed by atoms with Crippen molar-refractivity contribution in [2.24, 2.45) is 5.92 Å². The Morgan fingerprint density at radius 1 is 1.15 bits per heavy atom. The van der Waals surface area contributed by atoms with E-state index in [1.165, 1.54) is 11.1 Å². The van der Waals surface area contributed by atoms with E-state index in [4.69, 9.17) is 0 Å². The molecule has 1 heteroatoms. The van der Waals surface area contributed by atoms with E-state index in [0.29, 0.717) is 0 Å².